The molecule has 0 spiro atoms. The monoisotopic (exact) mass is 411 g/mol. The maximum absolute atomic E-state index is 15.5. The van der Waals surface area contributed by atoms with Crippen molar-refractivity contribution in [3.8, 4) is 23.1 Å². The highest BCUT2D eigenvalue weighted by atomic mass is 19.1. The SMILES string of the molecule is COc1cc(-c2nccc(C#N)c2N2CCC(F)(c3nncn3C)CC2)cnc1F. The van der Waals surface area contributed by atoms with E-state index < -0.39 is 11.6 Å². The highest BCUT2D eigenvalue weighted by Gasteiger charge is 2.41. The number of nitrogens with zero attached hydrogens (tertiary/aromatic N) is 7. The largest absolute Gasteiger partial charge is 0.492 e. The van der Waals surface area contributed by atoms with E-state index in [1.165, 1.54) is 31.9 Å². The number of aryl methyl sites for hydroxylation is 1. The fourth-order valence-corrected chi connectivity index (χ4v) is 3.77. The zero-order chi connectivity index (χ0) is 21.3. The first-order chi connectivity index (χ1) is 14.5. The molecule has 1 fully saturated rings. The van der Waals surface area contributed by atoms with E-state index in [4.69, 9.17) is 4.74 Å². The zero-order valence-electron chi connectivity index (χ0n) is 16.5. The number of nitriles is 1. The van der Waals surface area contributed by atoms with Crippen LogP contribution in [0, 0.1) is 17.3 Å². The molecular formula is C20H19F2N7O. The van der Waals surface area contributed by atoms with E-state index in [1.807, 2.05) is 4.90 Å². The van der Waals surface area contributed by atoms with Crippen molar-refractivity contribution in [2.75, 3.05) is 25.1 Å². The number of hydrogen-bond donors (Lipinski definition) is 0. The van der Waals surface area contributed by atoms with Gasteiger partial charge >= 0.3 is 0 Å². The van der Waals surface area contributed by atoms with Crippen LogP contribution >= 0.6 is 0 Å². The van der Waals surface area contributed by atoms with Gasteiger partial charge in [-0.1, -0.05) is 0 Å². The number of alkyl halides is 1. The van der Waals surface area contributed by atoms with Gasteiger partial charge in [-0.25, -0.2) is 9.37 Å². The van der Waals surface area contributed by atoms with Crippen LogP contribution in [0.25, 0.3) is 11.3 Å². The lowest BCUT2D eigenvalue weighted by Crippen LogP contribution is -2.42. The number of pyridine rings is 2. The Morgan fingerprint density at radius 3 is 2.67 bits per heavy atom. The molecule has 0 atom stereocenters. The van der Waals surface area contributed by atoms with Gasteiger partial charge in [0.25, 0.3) is 5.95 Å². The van der Waals surface area contributed by atoms with E-state index in [9.17, 15) is 9.65 Å². The van der Waals surface area contributed by atoms with Gasteiger partial charge in [-0.15, -0.1) is 10.2 Å². The lowest BCUT2D eigenvalue weighted by atomic mass is 9.91. The molecule has 1 aliphatic rings. The number of halogens is 2. The minimum atomic E-state index is -1.60. The molecule has 1 saturated heterocycles. The lowest BCUT2D eigenvalue weighted by molar-refractivity contribution is 0.109. The van der Waals surface area contributed by atoms with Crippen LogP contribution < -0.4 is 9.64 Å². The fourth-order valence-electron chi connectivity index (χ4n) is 3.77. The number of anilines is 1. The van der Waals surface area contributed by atoms with Crippen LogP contribution in [0.2, 0.25) is 0 Å². The topological polar surface area (TPSA) is 92.8 Å². The molecule has 4 rings (SSSR count). The Hall–Kier alpha value is -3.61. The summed E-state index contributed by atoms with van der Waals surface area (Å²) >= 11 is 0. The minimum absolute atomic E-state index is 0.0219. The normalized spacial score (nSPS) is 15.6. The third-order valence-electron chi connectivity index (χ3n) is 5.33. The molecule has 1 aliphatic heterocycles. The van der Waals surface area contributed by atoms with E-state index in [0.29, 0.717) is 41.4 Å². The molecule has 4 heterocycles. The van der Waals surface area contributed by atoms with Crippen LogP contribution in [-0.2, 0) is 12.7 Å². The fraction of sp³-hybridized carbons (Fsp3) is 0.350. The first kappa shape index (κ1) is 19.7. The number of rotatable bonds is 4. The molecule has 0 saturated carbocycles. The van der Waals surface area contributed by atoms with Gasteiger partial charge < -0.3 is 14.2 Å². The van der Waals surface area contributed by atoms with Crippen molar-refractivity contribution in [1.82, 2.24) is 24.7 Å². The van der Waals surface area contributed by atoms with Crippen LogP contribution in [0.15, 0.2) is 30.9 Å². The molecule has 0 aromatic carbocycles. The van der Waals surface area contributed by atoms with Gasteiger partial charge in [0.2, 0.25) is 0 Å². The summed E-state index contributed by atoms with van der Waals surface area (Å²) < 4.78 is 35.9. The van der Waals surface area contributed by atoms with Crippen LogP contribution in [-0.4, -0.2) is 44.9 Å². The second-order valence-corrected chi connectivity index (χ2v) is 7.10. The molecule has 154 valence electrons. The first-order valence-corrected chi connectivity index (χ1v) is 9.34. The third kappa shape index (κ3) is 3.32. The minimum Gasteiger partial charge on any atom is -0.492 e. The molecule has 30 heavy (non-hydrogen) atoms. The van der Waals surface area contributed by atoms with Gasteiger partial charge in [0.1, 0.15) is 12.4 Å². The number of piperidine rings is 1. The van der Waals surface area contributed by atoms with Crippen molar-refractivity contribution in [2.24, 2.45) is 7.05 Å². The molecule has 0 N–H and O–H groups in total. The summed E-state index contributed by atoms with van der Waals surface area (Å²) in [6, 6.07) is 5.26. The average molecular weight is 411 g/mol. The van der Waals surface area contributed by atoms with Crippen molar-refractivity contribution >= 4 is 5.69 Å². The Balaban J connectivity index is 1.70. The van der Waals surface area contributed by atoms with E-state index in [0.717, 1.165) is 0 Å². The second-order valence-electron chi connectivity index (χ2n) is 7.10. The summed E-state index contributed by atoms with van der Waals surface area (Å²) in [6.07, 6.45) is 4.70. The predicted molar refractivity (Wildman–Crippen MR) is 104 cm³/mol. The maximum Gasteiger partial charge on any atom is 0.255 e. The molecule has 0 amide bonds. The third-order valence-corrected chi connectivity index (χ3v) is 5.33. The Kier molecular flexibility index (Phi) is 5.03. The molecule has 0 unspecified atom stereocenters. The van der Waals surface area contributed by atoms with Gasteiger partial charge in [0, 0.05) is 50.9 Å². The van der Waals surface area contributed by atoms with Gasteiger partial charge in [0.05, 0.1) is 24.1 Å². The average Bonchev–Trinajstić information content (AvgIpc) is 3.21. The van der Waals surface area contributed by atoms with Gasteiger partial charge in [-0.05, 0) is 12.1 Å². The van der Waals surface area contributed by atoms with Gasteiger partial charge in [-0.3, -0.25) is 4.98 Å². The Morgan fingerprint density at radius 1 is 1.27 bits per heavy atom. The quantitative estimate of drug-likeness (QED) is 0.610. The lowest BCUT2D eigenvalue weighted by Gasteiger charge is -2.37. The molecule has 8 nitrogen and oxygen atoms in total. The smallest absolute Gasteiger partial charge is 0.255 e. The first-order valence-electron chi connectivity index (χ1n) is 9.34. The summed E-state index contributed by atoms with van der Waals surface area (Å²) in [4.78, 5) is 10.1. The van der Waals surface area contributed by atoms with E-state index in [1.54, 1.807) is 17.7 Å². The van der Waals surface area contributed by atoms with Gasteiger partial charge in [-0.2, -0.15) is 9.65 Å². The molecule has 0 radical (unpaired) electrons. The molecule has 0 aliphatic carbocycles. The summed E-state index contributed by atoms with van der Waals surface area (Å²) in [5.74, 6) is -0.462. The van der Waals surface area contributed by atoms with Crippen molar-refractivity contribution in [2.45, 2.75) is 18.5 Å². The molecular weight excluding hydrogens is 392 g/mol. The molecule has 3 aromatic rings. The summed E-state index contributed by atoms with van der Waals surface area (Å²) in [5.41, 5.74) is 0.330. The standard InChI is InChI=1S/C20H19F2N7O/c1-28-12-26-27-19(28)20(22)4-7-29(8-5-20)17-13(10-23)3-6-24-16(17)14-9-15(30-2)18(21)25-11-14/h3,6,9,11-12H,4-5,7-8H2,1-2H3. The van der Waals surface area contributed by atoms with Crippen molar-refractivity contribution < 1.29 is 13.5 Å². The summed E-state index contributed by atoms with van der Waals surface area (Å²) in [5, 5.41) is 17.4. The number of methoxy groups -OCH3 is 1. The Bertz CT molecular complexity index is 1120. The Labute approximate surface area is 171 Å². The summed E-state index contributed by atoms with van der Waals surface area (Å²) in [6.45, 7) is 0.699. The number of hydrogen-bond acceptors (Lipinski definition) is 7. The highest BCUT2D eigenvalue weighted by Crippen LogP contribution is 2.40. The van der Waals surface area contributed by atoms with Crippen LogP contribution in [0.4, 0.5) is 14.5 Å². The molecule has 10 heteroatoms. The van der Waals surface area contributed by atoms with E-state index in [-0.39, 0.29) is 18.6 Å². The van der Waals surface area contributed by atoms with Crippen LogP contribution in [0.5, 0.6) is 5.75 Å². The second kappa shape index (κ2) is 7.67. The van der Waals surface area contributed by atoms with E-state index >= 15 is 4.39 Å². The van der Waals surface area contributed by atoms with Crippen molar-refractivity contribution in [3.05, 3.63) is 48.2 Å². The molecule has 3 aromatic heterocycles. The number of aromatic nitrogens is 5. The Morgan fingerprint density at radius 2 is 2.03 bits per heavy atom. The van der Waals surface area contributed by atoms with Crippen molar-refractivity contribution in [1.29, 1.82) is 5.26 Å². The van der Waals surface area contributed by atoms with Gasteiger partial charge in [0.15, 0.2) is 17.2 Å². The zero-order valence-corrected chi connectivity index (χ0v) is 16.5. The predicted octanol–water partition coefficient (Wildman–Crippen LogP) is 2.76. The highest BCUT2D eigenvalue weighted by molar-refractivity contribution is 5.80. The number of ether oxygens (including phenoxy) is 1. The molecule has 0 bridgehead atoms. The summed E-state index contributed by atoms with van der Waals surface area (Å²) in [7, 11) is 3.06. The maximum atomic E-state index is 15.5. The van der Waals surface area contributed by atoms with E-state index in [2.05, 4.69) is 26.2 Å². The van der Waals surface area contributed by atoms with Crippen LogP contribution in [0.3, 0.4) is 0 Å². The van der Waals surface area contributed by atoms with Crippen molar-refractivity contribution in [3.63, 3.8) is 0 Å². The van der Waals surface area contributed by atoms with Crippen LogP contribution in [0.1, 0.15) is 24.2 Å².